The van der Waals surface area contributed by atoms with Gasteiger partial charge in [0.05, 0.1) is 39.7 Å². The minimum atomic E-state index is 0.659. The summed E-state index contributed by atoms with van der Waals surface area (Å²) in [4.78, 5) is 23.6. The Morgan fingerprint density at radius 2 is 0.906 bits per heavy atom. The van der Waals surface area contributed by atoms with Crippen LogP contribution in [0.4, 0.5) is 0 Å². The van der Waals surface area contributed by atoms with Crippen LogP contribution in [-0.4, -0.2) is 29.3 Å². The quantitative estimate of drug-likeness (QED) is 0.175. The van der Waals surface area contributed by atoms with E-state index in [4.69, 9.17) is 15.0 Å². The van der Waals surface area contributed by atoms with Crippen molar-refractivity contribution in [2.75, 3.05) is 0 Å². The van der Waals surface area contributed by atoms with Crippen LogP contribution < -0.4 is 0 Å². The third-order valence-electron chi connectivity index (χ3n) is 9.88. The molecule has 0 aliphatic heterocycles. The van der Waals surface area contributed by atoms with Crippen molar-refractivity contribution in [3.63, 3.8) is 0 Å². The van der Waals surface area contributed by atoms with Crippen LogP contribution in [-0.2, 0) is 0 Å². The van der Waals surface area contributed by atoms with Crippen molar-refractivity contribution < 1.29 is 0 Å². The highest BCUT2D eigenvalue weighted by atomic mass is 14.9. The summed E-state index contributed by atoms with van der Waals surface area (Å²) in [5.74, 6) is 0.659. The van der Waals surface area contributed by atoms with Crippen molar-refractivity contribution in [2.24, 2.45) is 0 Å². The Morgan fingerprint density at radius 1 is 0.377 bits per heavy atom. The summed E-state index contributed by atoms with van der Waals surface area (Å²) in [7, 11) is 0. The van der Waals surface area contributed by atoms with E-state index in [0.29, 0.717) is 5.82 Å². The zero-order valence-electron chi connectivity index (χ0n) is 28.5. The molecule has 6 nitrogen and oxygen atoms in total. The van der Waals surface area contributed by atoms with Gasteiger partial charge < -0.3 is 4.40 Å². The summed E-state index contributed by atoms with van der Waals surface area (Å²) in [6.07, 6.45) is 9.26. The molecule has 5 heterocycles. The van der Waals surface area contributed by atoms with Gasteiger partial charge in [0.15, 0.2) is 5.82 Å². The number of rotatable bonds is 6. The predicted octanol–water partition coefficient (Wildman–Crippen LogP) is 11.2. The number of benzene rings is 5. The Kier molecular flexibility index (Phi) is 7.36. The largest absolute Gasteiger partial charge is 0.306 e. The maximum atomic E-state index is 5.21. The summed E-state index contributed by atoms with van der Waals surface area (Å²) in [5, 5.41) is 1.17. The molecule has 0 unspecified atom stereocenters. The topological polar surface area (TPSA) is 68.9 Å². The van der Waals surface area contributed by atoms with E-state index >= 15 is 0 Å². The van der Waals surface area contributed by atoms with E-state index in [1.807, 2.05) is 61.3 Å². The van der Waals surface area contributed by atoms with E-state index in [2.05, 4.69) is 136 Å². The molecule has 10 aromatic rings. The fraction of sp³-hybridized carbons (Fsp3) is 0. The number of hydrogen-bond donors (Lipinski definition) is 0. The molecule has 248 valence electrons. The first-order chi connectivity index (χ1) is 26.3. The van der Waals surface area contributed by atoms with Crippen LogP contribution in [0.1, 0.15) is 0 Å². The summed E-state index contributed by atoms with van der Waals surface area (Å²) < 4.78 is 2.32. The number of para-hydroxylation sites is 3. The van der Waals surface area contributed by atoms with Crippen LogP contribution in [0.25, 0.3) is 94.7 Å². The Bertz CT molecular complexity index is 2820. The van der Waals surface area contributed by atoms with Crippen molar-refractivity contribution >= 4 is 27.5 Å². The number of pyridine rings is 2. The van der Waals surface area contributed by atoms with Crippen LogP contribution in [0.3, 0.4) is 0 Å². The molecule has 0 bridgehead atoms. The van der Waals surface area contributed by atoms with Gasteiger partial charge in [0.1, 0.15) is 0 Å². The number of aromatic nitrogens is 6. The van der Waals surface area contributed by atoms with Crippen molar-refractivity contribution in [3.8, 4) is 67.3 Å². The van der Waals surface area contributed by atoms with Crippen LogP contribution >= 0.6 is 0 Å². The molecule has 0 fully saturated rings. The lowest BCUT2D eigenvalue weighted by atomic mass is 9.99. The molecule has 0 atom stereocenters. The molecule has 0 radical (unpaired) electrons. The second kappa shape index (κ2) is 12.8. The average molecular weight is 679 g/mol. The van der Waals surface area contributed by atoms with Crippen LogP contribution in [0, 0.1) is 0 Å². The SMILES string of the molecule is c1cc(-c2nc(-c3ccc(-c4ccncc4)cc3)cc(-c3ccc(-c4ccncc4)cc3)n2)cc(-c2c3ccccc3n3c2cnc2ccccc23)c1. The fourth-order valence-corrected chi connectivity index (χ4v) is 7.28. The smallest absolute Gasteiger partial charge is 0.160 e. The third-order valence-corrected chi connectivity index (χ3v) is 9.88. The van der Waals surface area contributed by atoms with Crippen molar-refractivity contribution in [1.82, 2.24) is 29.3 Å². The summed E-state index contributed by atoms with van der Waals surface area (Å²) in [6.45, 7) is 0. The molecule has 0 saturated heterocycles. The zero-order chi connectivity index (χ0) is 35.1. The summed E-state index contributed by atoms with van der Waals surface area (Å²) in [5.41, 5.74) is 15.6. The standard InChI is InChI=1S/C47H30N6/c1-3-10-43-39(8-1)46(45-30-50-40-9-2-4-11-44(40)53(43)45)37-6-5-7-38(28-37)47-51-41(35-16-12-31(13-17-35)33-20-24-48-25-21-33)29-42(52-47)36-18-14-32(15-19-36)34-22-26-49-27-23-34/h1-30H. The van der Waals surface area contributed by atoms with Crippen molar-refractivity contribution in [3.05, 3.63) is 183 Å². The van der Waals surface area contributed by atoms with E-state index in [9.17, 15) is 0 Å². The molecule has 5 aromatic carbocycles. The van der Waals surface area contributed by atoms with E-state index in [-0.39, 0.29) is 0 Å². The molecule has 0 saturated carbocycles. The number of fused-ring (bicyclic) bond motifs is 5. The van der Waals surface area contributed by atoms with E-state index in [0.717, 1.165) is 83.5 Å². The first kappa shape index (κ1) is 30.5. The van der Waals surface area contributed by atoms with E-state index in [1.165, 1.54) is 5.39 Å². The molecule has 0 amide bonds. The van der Waals surface area contributed by atoms with Gasteiger partial charge in [-0.05, 0) is 82.4 Å². The van der Waals surface area contributed by atoms with E-state index in [1.54, 1.807) is 0 Å². The average Bonchev–Trinajstić information content (AvgIpc) is 3.59. The van der Waals surface area contributed by atoms with Gasteiger partial charge in [0.25, 0.3) is 0 Å². The maximum Gasteiger partial charge on any atom is 0.160 e. The van der Waals surface area contributed by atoms with Crippen LogP contribution in [0.15, 0.2) is 183 Å². The molecular formula is C47H30N6. The lowest BCUT2D eigenvalue weighted by molar-refractivity contribution is 1.18. The minimum Gasteiger partial charge on any atom is -0.306 e. The van der Waals surface area contributed by atoms with Gasteiger partial charge in [-0.2, -0.15) is 0 Å². The maximum absolute atomic E-state index is 5.21. The highest BCUT2D eigenvalue weighted by Gasteiger charge is 2.18. The predicted molar refractivity (Wildman–Crippen MR) is 214 cm³/mol. The molecule has 0 aliphatic carbocycles. The Labute approximate surface area is 305 Å². The molecule has 53 heavy (non-hydrogen) atoms. The number of nitrogens with zero attached hydrogens (tertiary/aromatic N) is 6. The lowest BCUT2D eigenvalue weighted by Gasteiger charge is -2.12. The highest BCUT2D eigenvalue weighted by molar-refractivity contribution is 6.08. The molecule has 0 N–H and O–H groups in total. The lowest BCUT2D eigenvalue weighted by Crippen LogP contribution is -1.96. The van der Waals surface area contributed by atoms with Gasteiger partial charge in [0, 0.05) is 52.4 Å². The van der Waals surface area contributed by atoms with Gasteiger partial charge in [0.2, 0.25) is 0 Å². The van der Waals surface area contributed by atoms with Gasteiger partial charge in [-0.3, -0.25) is 15.0 Å². The van der Waals surface area contributed by atoms with Gasteiger partial charge in [-0.1, -0.05) is 97.1 Å². The Hall–Kier alpha value is -7.31. The fourth-order valence-electron chi connectivity index (χ4n) is 7.28. The molecular weight excluding hydrogens is 649 g/mol. The monoisotopic (exact) mass is 678 g/mol. The summed E-state index contributed by atoms with van der Waals surface area (Å²) in [6, 6.07) is 52.7. The van der Waals surface area contributed by atoms with Crippen LogP contribution in [0.2, 0.25) is 0 Å². The Balaban J connectivity index is 1.12. The van der Waals surface area contributed by atoms with Gasteiger partial charge in [-0.25, -0.2) is 9.97 Å². The van der Waals surface area contributed by atoms with Crippen molar-refractivity contribution in [1.29, 1.82) is 0 Å². The molecule has 5 aromatic heterocycles. The first-order valence-corrected chi connectivity index (χ1v) is 17.6. The molecule has 0 spiro atoms. The second-order valence-electron chi connectivity index (χ2n) is 13.0. The third kappa shape index (κ3) is 5.50. The molecule has 0 aliphatic rings. The highest BCUT2D eigenvalue weighted by Crippen LogP contribution is 2.39. The summed E-state index contributed by atoms with van der Waals surface area (Å²) >= 11 is 0. The Morgan fingerprint density at radius 3 is 1.55 bits per heavy atom. The normalized spacial score (nSPS) is 11.4. The minimum absolute atomic E-state index is 0.659. The second-order valence-corrected chi connectivity index (χ2v) is 13.0. The van der Waals surface area contributed by atoms with Crippen LogP contribution in [0.5, 0.6) is 0 Å². The molecule has 6 heteroatoms. The van der Waals surface area contributed by atoms with E-state index < -0.39 is 0 Å². The zero-order valence-corrected chi connectivity index (χ0v) is 28.5. The number of hydrogen-bond acceptors (Lipinski definition) is 5. The first-order valence-electron chi connectivity index (χ1n) is 17.6. The van der Waals surface area contributed by atoms with Gasteiger partial charge in [-0.15, -0.1) is 0 Å². The molecule has 10 rings (SSSR count). The van der Waals surface area contributed by atoms with Gasteiger partial charge >= 0.3 is 0 Å². The van der Waals surface area contributed by atoms with Crippen molar-refractivity contribution in [2.45, 2.75) is 0 Å².